The van der Waals surface area contributed by atoms with Crippen LogP contribution in [0.25, 0.3) is 0 Å². The van der Waals surface area contributed by atoms with Crippen molar-refractivity contribution in [1.29, 1.82) is 5.26 Å². The van der Waals surface area contributed by atoms with Crippen molar-refractivity contribution in [1.82, 2.24) is 0 Å². The van der Waals surface area contributed by atoms with Crippen LogP contribution >= 0.6 is 0 Å². The zero-order valence-corrected chi connectivity index (χ0v) is 9.72. The lowest BCUT2D eigenvalue weighted by atomic mass is 9.97. The van der Waals surface area contributed by atoms with Gasteiger partial charge in [0.15, 0.2) is 0 Å². The fourth-order valence-electron chi connectivity index (χ4n) is 2.09. The quantitative estimate of drug-likeness (QED) is 0.744. The van der Waals surface area contributed by atoms with Crippen molar-refractivity contribution in [3.8, 4) is 6.07 Å². The molecule has 1 unspecified atom stereocenters. The first-order valence-electron chi connectivity index (χ1n) is 5.71. The van der Waals surface area contributed by atoms with Crippen molar-refractivity contribution in [3.63, 3.8) is 0 Å². The normalized spacial score (nSPS) is 18.1. The number of rotatable bonds is 1. The summed E-state index contributed by atoms with van der Waals surface area (Å²) >= 11 is 0. The Kier molecular flexibility index (Phi) is 3.29. The van der Waals surface area contributed by atoms with Crippen LogP contribution in [-0.4, -0.2) is 18.7 Å². The van der Waals surface area contributed by atoms with Crippen molar-refractivity contribution >= 4 is 11.8 Å². The van der Waals surface area contributed by atoms with Crippen LogP contribution in [0.1, 0.15) is 18.9 Å². The number of aryl methyl sites for hydroxylation is 1. The lowest BCUT2D eigenvalue weighted by molar-refractivity contribution is 0.157. The van der Waals surface area contributed by atoms with Gasteiger partial charge in [0.1, 0.15) is 6.04 Å². The predicted molar refractivity (Wildman–Crippen MR) is 63.7 cm³/mol. The third-order valence-electron chi connectivity index (χ3n) is 2.86. The van der Waals surface area contributed by atoms with Crippen LogP contribution in [0.2, 0.25) is 0 Å². The third-order valence-corrected chi connectivity index (χ3v) is 2.86. The molecule has 1 aromatic carbocycles. The second-order valence-corrected chi connectivity index (χ2v) is 3.88. The number of hydrogen-bond acceptors (Lipinski definition) is 3. The lowest BCUT2D eigenvalue weighted by Crippen LogP contribution is -2.43. The number of para-hydroxylation sites is 1. The smallest absolute Gasteiger partial charge is 0.415 e. The molecule has 4 heteroatoms. The predicted octanol–water partition coefficient (Wildman–Crippen LogP) is 2.49. The highest BCUT2D eigenvalue weighted by atomic mass is 16.6. The van der Waals surface area contributed by atoms with Crippen LogP contribution in [0, 0.1) is 11.3 Å². The van der Waals surface area contributed by atoms with E-state index in [1.807, 2.05) is 24.3 Å². The average molecular weight is 230 g/mol. The summed E-state index contributed by atoms with van der Waals surface area (Å²) in [6.07, 6.45) is 1.04. The number of benzene rings is 1. The molecule has 1 atom stereocenters. The summed E-state index contributed by atoms with van der Waals surface area (Å²) < 4.78 is 5.01. The number of anilines is 1. The Morgan fingerprint density at radius 1 is 1.59 bits per heavy atom. The van der Waals surface area contributed by atoms with Gasteiger partial charge in [0.25, 0.3) is 0 Å². The molecule has 0 aromatic heterocycles. The van der Waals surface area contributed by atoms with E-state index in [0.29, 0.717) is 13.0 Å². The molecule has 1 heterocycles. The van der Waals surface area contributed by atoms with E-state index in [0.717, 1.165) is 17.7 Å². The third kappa shape index (κ3) is 2.09. The van der Waals surface area contributed by atoms with Gasteiger partial charge in [-0.25, -0.2) is 4.79 Å². The van der Waals surface area contributed by atoms with E-state index in [1.54, 1.807) is 6.92 Å². The number of fused-ring (bicyclic) bond motifs is 1. The summed E-state index contributed by atoms with van der Waals surface area (Å²) in [5.74, 6) is 0. The number of carbonyl (C=O) groups is 1. The highest BCUT2D eigenvalue weighted by molar-refractivity contribution is 5.90. The highest BCUT2D eigenvalue weighted by Gasteiger charge is 2.31. The molecule has 1 aliphatic heterocycles. The molecule has 0 bridgehead atoms. The molecule has 0 aliphatic carbocycles. The van der Waals surface area contributed by atoms with Gasteiger partial charge in [-0.3, -0.25) is 4.90 Å². The van der Waals surface area contributed by atoms with Crippen LogP contribution in [-0.2, 0) is 11.2 Å². The molecule has 1 aromatic rings. The first-order chi connectivity index (χ1) is 8.27. The maximum absolute atomic E-state index is 11.9. The Labute approximate surface area is 100 Å². The zero-order valence-electron chi connectivity index (χ0n) is 9.72. The topological polar surface area (TPSA) is 53.3 Å². The summed E-state index contributed by atoms with van der Waals surface area (Å²) in [6, 6.07) is 9.38. The van der Waals surface area contributed by atoms with Crippen LogP contribution in [0.4, 0.5) is 10.5 Å². The number of amides is 1. The fourth-order valence-corrected chi connectivity index (χ4v) is 2.09. The molecule has 2 rings (SSSR count). The summed E-state index contributed by atoms with van der Waals surface area (Å²) in [5.41, 5.74) is 1.89. The van der Waals surface area contributed by atoms with Gasteiger partial charge >= 0.3 is 6.09 Å². The van der Waals surface area contributed by atoms with E-state index in [4.69, 9.17) is 10.00 Å². The standard InChI is InChI=1S/C13H14N2O2/c1-2-17-13(16)15-11(9-14)8-7-10-5-3-4-6-12(10)15/h3-6,11H,2,7-8H2,1H3. The maximum atomic E-state index is 11.9. The zero-order chi connectivity index (χ0) is 12.3. The molecule has 0 N–H and O–H groups in total. The van der Waals surface area contributed by atoms with Crippen molar-refractivity contribution in [3.05, 3.63) is 29.8 Å². The van der Waals surface area contributed by atoms with Gasteiger partial charge in [0.05, 0.1) is 18.4 Å². The van der Waals surface area contributed by atoms with Crippen LogP contribution in [0.5, 0.6) is 0 Å². The van der Waals surface area contributed by atoms with E-state index in [1.165, 1.54) is 4.90 Å². The van der Waals surface area contributed by atoms with Gasteiger partial charge in [-0.15, -0.1) is 0 Å². The SMILES string of the molecule is CCOC(=O)N1c2ccccc2CCC1C#N. The number of nitrogens with zero attached hydrogens (tertiary/aromatic N) is 2. The van der Waals surface area contributed by atoms with Gasteiger partial charge in [0.2, 0.25) is 0 Å². The molecule has 0 saturated heterocycles. The minimum atomic E-state index is -0.439. The fraction of sp³-hybridized carbons (Fsp3) is 0.385. The second-order valence-electron chi connectivity index (χ2n) is 3.88. The van der Waals surface area contributed by atoms with Crippen molar-refractivity contribution in [2.75, 3.05) is 11.5 Å². The maximum Gasteiger partial charge on any atom is 0.415 e. The number of carbonyl (C=O) groups excluding carboxylic acids is 1. The van der Waals surface area contributed by atoms with Crippen molar-refractivity contribution < 1.29 is 9.53 Å². The van der Waals surface area contributed by atoms with E-state index in [2.05, 4.69) is 6.07 Å². The van der Waals surface area contributed by atoms with Crippen LogP contribution in [0.15, 0.2) is 24.3 Å². The van der Waals surface area contributed by atoms with E-state index < -0.39 is 12.1 Å². The molecule has 0 saturated carbocycles. The number of nitriles is 1. The summed E-state index contributed by atoms with van der Waals surface area (Å²) in [4.78, 5) is 13.3. The molecule has 1 amide bonds. The first kappa shape index (κ1) is 11.5. The second kappa shape index (κ2) is 4.88. The van der Waals surface area contributed by atoms with E-state index in [9.17, 15) is 4.79 Å². The first-order valence-corrected chi connectivity index (χ1v) is 5.71. The van der Waals surface area contributed by atoms with Gasteiger partial charge in [-0.1, -0.05) is 18.2 Å². The molecule has 4 nitrogen and oxygen atoms in total. The van der Waals surface area contributed by atoms with Gasteiger partial charge in [-0.2, -0.15) is 5.26 Å². The van der Waals surface area contributed by atoms with Gasteiger partial charge < -0.3 is 4.74 Å². The molecule has 1 aliphatic rings. The van der Waals surface area contributed by atoms with Crippen molar-refractivity contribution in [2.24, 2.45) is 0 Å². The summed E-state index contributed by atoms with van der Waals surface area (Å²) in [6.45, 7) is 2.07. The lowest BCUT2D eigenvalue weighted by Gasteiger charge is -2.32. The molecule has 0 radical (unpaired) electrons. The Morgan fingerprint density at radius 2 is 2.35 bits per heavy atom. The van der Waals surface area contributed by atoms with Crippen LogP contribution in [0.3, 0.4) is 0 Å². The molecular formula is C13H14N2O2. The Morgan fingerprint density at radius 3 is 3.06 bits per heavy atom. The number of hydrogen-bond donors (Lipinski definition) is 0. The molecular weight excluding hydrogens is 216 g/mol. The minimum absolute atomic E-state index is 0.315. The van der Waals surface area contributed by atoms with E-state index >= 15 is 0 Å². The van der Waals surface area contributed by atoms with Crippen LogP contribution < -0.4 is 4.90 Å². The van der Waals surface area contributed by atoms with E-state index in [-0.39, 0.29) is 0 Å². The molecule has 88 valence electrons. The minimum Gasteiger partial charge on any atom is -0.449 e. The largest absolute Gasteiger partial charge is 0.449 e. The monoisotopic (exact) mass is 230 g/mol. The summed E-state index contributed by atoms with van der Waals surface area (Å²) in [7, 11) is 0. The Bertz CT molecular complexity index is 465. The molecule has 0 spiro atoms. The Hall–Kier alpha value is -2.02. The number of ether oxygens (including phenoxy) is 1. The van der Waals surface area contributed by atoms with Crippen molar-refractivity contribution in [2.45, 2.75) is 25.8 Å². The Balaban J connectivity index is 2.38. The summed E-state index contributed by atoms with van der Waals surface area (Å²) in [5, 5.41) is 9.10. The van der Waals surface area contributed by atoms with Gasteiger partial charge in [0, 0.05) is 0 Å². The highest BCUT2D eigenvalue weighted by Crippen LogP contribution is 2.30. The average Bonchev–Trinajstić information content (AvgIpc) is 2.37. The molecule has 0 fully saturated rings. The van der Waals surface area contributed by atoms with Gasteiger partial charge in [-0.05, 0) is 31.4 Å². The molecule has 17 heavy (non-hydrogen) atoms.